The predicted octanol–water partition coefficient (Wildman–Crippen LogP) is 3.10. The van der Waals surface area contributed by atoms with Crippen LogP contribution in [0.2, 0.25) is 0 Å². The molecule has 0 radical (unpaired) electrons. The molecule has 0 atom stereocenters. The Morgan fingerprint density at radius 3 is 2.91 bits per heavy atom. The van der Waals surface area contributed by atoms with Crippen LogP contribution < -0.4 is 9.47 Å². The van der Waals surface area contributed by atoms with Crippen molar-refractivity contribution in [2.24, 2.45) is 0 Å². The Balaban J connectivity index is 1.79. The van der Waals surface area contributed by atoms with E-state index in [1.165, 1.54) is 11.3 Å². The van der Waals surface area contributed by atoms with Crippen LogP contribution in [0, 0.1) is 6.92 Å². The van der Waals surface area contributed by atoms with E-state index in [2.05, 4.69) is 4.98 Å². The van der Waals surface area contributed by atoms with Crippen LogP contribution in [-0.4, -0.2) is 29.8 Å². The minimum Gasteiger partial charge on any atom is -0.493 e. The summed E-state index contributed by atoms with van der Waals surface area (Å²) in [5.74, 6) is 0.614. The van der Waals surface area contributed by atoms with E-state index in [-0.39, 0.29) is 6.42 Å². The number of thiazole rings is 1. The summed E-state index contributed by atoms with van der Waals surface area (Å²) in [4.78, 5) is 14.9. The first-order valence-electron chi connectivity index (χ1n) is 7.01. The van der Waals surface area contributed by atoms with Gasteiger partial charge in [0, 0.05) is 11.8 Å². The molecule has 0 saturated heterocycles. The fraction of sp³-hybridized carbons (Fsp3) is 0.375. The second-order valence-electron chi connectivity index (χ2n) is 4.91. The van der Waals surface area contributed by atoms with Crippen LogP contribution >= 0.6 is 11.3 Å². The summed E-state index contributed by atoms with van der Waals surface area (Å²) >= 11 is 1.49. The van der Waals surface area contributed by atoms with Gasteiger partial charge in [-0.2, -0.15) is 0 Å². The minimum atomic E-state index is -0.855. The van der Waals surface area contributed by atoms with Crippen LogP contribution in [0.4, 0.5) is 0 Å². The first-order valence-corrected chi connectivity index (χ1v) is 7.89. The van der Waals surface area contributed by atoms with Gasteiger partial charge in [-0.3, -0.25) is 4.79 Å². The molecule has 0 spiro atoms. The largest absolute Gasteiger partial charge is 0.493 e. The van der Waals surface area contributed by atoms with Gasteiger partial charge < -0.3 is 14.6 Å². The van der Waals surface area contributed by atoms with E-state index < -0.39 is 5.97 Å². The zero-order chi connectivity index (χ0) is 15.9. The number of hydrogen-bond donors (Lipinski definition) is 1. The van der Waals surface area contributed by atoms with E-state index in [1.54, 1.807) is 12.5 Å². The molecule has 2 aromatic rings. The lowest BCUT2D eigenvalue weighted by Crippen LogP contribution is -2.02. The standard InChI is InChI=1S/C16H19NO4S/c1-11-5-6-13(14(8-11)20-2)21-7-3-4-15-17-12(10-22-15)9-16(18)19/h5-6,8,10H,3-4,7,9H2,1-2H3,(H,18,19). The van der Waals surface area contributed by atoms with Gasteiger partial charge in [0.1, 0.15) is 0 Å². The highest BCUT2D eigenvalue weighted by atomic mass is 32.1. The summed E-state index contributed by atoms with van der Waals surface area (Å²) < 4.78 is 11.0. The van der Waals surface area contributed by atoms with Crippen molar-refractivity contribution in [3.63, 3.8) is 0 Å². The summed E-state index contributed by atoms with van der Waals surface area (Å²) in [5.41, 5.74) is 1.74. The third-order valence-electron chi connectivity index (χ3n) is 3.04. The Labute approximate surface area is 133 Å². The normalized spacial score (nSPS) is 10.5. The average molecular weight is 321 g/mol. The maximum absolute atomic E-state index is 10.6. The van der Waals surface area contributed by atoms with Crippen LogP contribution in [0.1, 0.15) is 22.7 Å². The van der Waals surface area contributed by atoms with Crippen LogP contribution in [0.25, 0.3) is 0 Å². The molecule has 1 aromatic heterocycles. The lowest BCUT2D eigenvalue weighted by atomic mass is 10.2. The molecule has 0 bridgehead atoms. The highest BCUT2D eigenvalue weighted by molar-refractivity contribution is 7.09. The van der Waals surface area contributed by atoms with Gasteiger partial charge in [-0.15, -0.1) is 11.3 Å². The van der Waals surface area contributed by atoms with Gasteiger partial charge in [0.15, 0.2) is 11.5 Å². The molecule has 5 nitrogen and oxygen atoms in total. The number of aliphatic carboxylic acids is 1. The van der Waals surface area contributed by atoms with Crippen molar-refractivity contribution in [3.8, 4) is 11.5 Å². The number of ether oxygens (including phenoxy) is 2. The molecule has 2 rings (SSSR count). The second kappa shape index (κ2) is 7.79. The molecule has 0 amide bonds. The number of rotatable bonds is 8. The van der Waals surface area contributed by atoms with Crippen molar-refractivity contribution in [1.82, 2.24) is 4.98 Å². The number of carboxylic acid groups (broad SMARTS) is 1. The van der Waals surface area contributed by atoms with Crippen molar-refractivity contribution in [1.29, 1.82) is 0 Å². The minimum absolute atomic E-state index is 0.0203. The molecule has 1 N–H and O–H groups in total. The van der Waals surface area contributed by atoms with Crippen LogP contribution in [0.15, 0.2) is 23.6 Å². The van der Waals surface area contributed by atoms with Crippen LogP contribution in [-0.2, 0) is 17.6 Å². The molecule has 1 aromatic carbocycles. The van der Waals surface area contributed by atoms with E-state index >= 15 is 0 Å². The lowest BCUT2D eigenvalue weighted by Gasteiger charge is -2.10. The van der Waals surface area contributed by atoms with Crippen molar-refractivity contribution < 1.29 is 19.4 Å². The molecule has 0 aliphatic rings. The van der Waals surface area contributed by atoms with E-state index in [0.29, 0.717) is 12.3 Å². The van der Waals surface area contributed by atoms with E-state index in [0.717, 1.165) is 34.9 Å². The van der Waals surface area contributed by atoms with Crippen LogP contribution in [0.5, 0.6) is 11.5 Å². The first-order chi connectivity index (χ1) is 10.6. The number of carbonyl (C=O) groups is 1. The fourth-order valence-corrected chi connectivity index (χ4v) is 2.84. The highest BCUT2D eigenvalue weighted by Crippen LogP contribution is 2.27. The second-order valence-corrected chi connectivity index (χ2v) is 5.85. The van der Waals surface area contributed by atoms with Crippen molar-refractivity contribution in [3.05, 3.63) is 39.8 Å². The maximum Gasteiger partial charge on any atom is 0.309 e. The van der Waals surface area contributed by atoms with Gasteiger partial charge in [0.25, 0.3) is 0 Å². The molecular weight excluding hydrogens is 302 g/mol. The number of benzene rings is 1. The Morgan fingerprint density at radius 1 is 1.36 bits per heavy atom. The zero-order valence-corrected chi connectivity index (χ0v) is 13.5. The summed E-state index contributed by atoms with van der Waals surface area (Å²) in [5, 5.41) is 11.5. The van der Waals surface area contributed by atoms with Gasteiger partial charge in [0.2, 0.25) is 0 Å². The summed E-state index contributed by atoms with van der Waals surface area (Å²) in [6.07, 6.45) is 1.57. The van der Waals surface area contributed by atoms with Gasteiger partial charge in [-0.05, 0) is 31.0 Å². The fourth-order valence-electron chi connectivity index (χ4n) is 2.00. The van der Waals surface area contributed by atoms with Gasteiger partial charge >= 0.3 is 5.97 Å². The quantitative estimate of drug-likeness (QED) is 0.757. The topological polar surface area (TPSA) is 68.7 Å². The maximum atomic E-state index is 10.6. The molecule has 0 aliphatic heterocycles. The van der Waals surface area contributed by atoms with Crippen molar-refractivity contribution >= 4 is 17.3 Å². The average Bonchev–Trinajstić information content (AvgIpc) is 2.91. The van der Waals surface area contributed by atoms with Crippen molar-refractivity contribution in [2.45, 2.75) is 26.2 Å². The third-order valence-corrected chi connectivity index (χ3v) is 4.00. The molecule has 0 saturated carbocycles. The Hall–Kier alpha value is -2.08. The number of carboxylic acids is 1. The number of methoxy groups -OCH3 is 1. The Morgan fingerprint density at radius 2 is 2.18 bits per heavy atom. The smallest absolute Gasteiger partial charge is 0.309 e. The van der Waals surface area contributed by atoms with Crippen LogP contribution in [0.3, 0.4) is 0 Å². The van der Waals surface area contributed by atoms with E-state index in [4.69, 9.17) is 14.6 Å². The SMILES string of the molecule is COc1cc(C)ccc1OCCCc1nc(CC(=O)O)cs1. The Bertz CT molecular complexity index is 639. The highest BCUT2D eigenvalue weighted by Gasteiger charge is 2.07. The zero-order valence-electron chi connectivity index (χ0n) is 12.7. The predicted molar refractivity (Wildman–Crippen MR) is 85.0 cm³/mol. The number of aryl methyl sites for hydroxylation is 2. The van der Waals surface area contributed by atoms with Crippen molar-refractivity contribution in [2.75, 3.05) is 13.7 Å². The number of aromatic nitrogens is 1. The molecular formula is C16H19NO4S. The summed E-state index contributed by atoms with van der Waals surface area (Å²) in [6, 6.07) is 5.83. The number of nitrogens with zero attached hydrogens (tertiary/aromatic N) is 1. The number of hydrogen-bond acceptors (Lipinski definition) is 5. The molecule has 22 heavy (non-hydrogen) atoms. The monoisotopic (exact) mass is 321 g/mol. The van der Waals surface area contributed by atoms with Gasteiger partial charge in [-0.25, -0.2) is 4.98 Å². The summed E-state index contributed by atoms with van der Waals surface area (Å²) in [6.45, 7) is 2.57. The summed E-state index contributed by atoms with van der Waals surface area (Å²) in [7, 11) is 1.63. The molecule has 0 aliphatic carbocycles. The molecule has 0 unspecified atom stereocenters. The van der Waals surface area contributed by atoms with Gasteiger partial charge in [-0.1, -0.05) is 6.07 Å². The molecule has 0 fully saturated rings. The first kappa shape index (κ1) is 16.3. The molecule has 1 heterocycles. The molecule has 6 heteroatoms. The van der Waals surface area contributed by atoms with Gasteiger partial charge in [0.05, 0.1) is 30.8 Å². The molecule has 118 valence electrons. The van der Waals surface area contributed by atoms with E-state index in [9.17, 15) is 4.79 Å². The third kappa shape index (κ3) is 4.73. The lowest BCUT2D eigenvalue weighted by molar-refractivity contribution is -0.136. The Kier molecular flexibility index (Phi) is 5.77. The van der Waals surface area contributed by atoms with E-state index in [1.807, 2.05) is 25.1 Å².